The molecule has 1 rings (SSSR count). The van der Waals surface area contributed by atoms with E-state index in [-0.39, 0.29) is 6.10 Å². The van der Waals surface area contributed by atoms with Crippen LogP contribution in [0.1, 0.15) is 6.92 Å². The van der Waals surface area contributed by atoms with E-state index in [1.807, 2.05) is 6.92 Å². The van der Waals surface area contributed by atoms with Gasteiger partial charge in [-0.2, -0.15) is 0 Å². The third-order valence-corrected chi connectivity index (χ3v) is 1.73. The Kier molecular flexibility index (Phi) is 3.12. The molecule has 0 aromatic rings. The lowest BCUT2D eigenvalue weighted by atomic mass is 10.3. The fraction of sp³-hybridized carbons (Fsp3) is 1.00. The minimum atomic E-state index is -0.182. The molecule has 0 bridgehead atoms. The van der Waals surface area contributed by atoms with Gasteiger partial charge in [0, 0.05) is 32.7 Å². The number of hydrogen-bond acceptors (Lipinski definition) is 3. The van der Waals surface area contributed by atoms with Crippen molar-refractivity contribution < 1.29 is 5.11 Å². The molecule has 1 saturated heterocycles. The van der Waals surface area contributed by atoms with Gasteiger partial charge in [-0.3, -0.25) is 4.90 Å². The fourth-order valence-electron chi connectivity index (χ4n) is 1.27. The molecular weight excluding hydrogens is 128 g/mol. The molecule has 0 aliphatic carbocycles. The maximum absolute atomic E-state index is 9.04. The Hall–Kier alpha value is -0.120. The normalized spacial score (nSPS) is 24.6. The Morgan fingerprint density at radius 2 is 2.10 bits per heavy atom. The first kappa shape index (κ1) is 7.98. The lowest BCUT2D eigenvalue weighted by molar-refractivity contribution is 0.118. The second kappa shape index (κ2) is 3.91. The summed E-state index contributed by atoms with van der Waals surface area (Å²) in [4.78, 5) is 2.28. The van der Waals surface area contributed by atoms with Crippen LogP contribution in [0.3, 0.4) is 0 Å². The van der Waals surface area contributed by atoms with Crippen LogP contribution in [0.25, 0.3) is 0 Å². The smallest absolute Gasteiger partial charge is 0.0639 e. The van der Waals surface area contributed by atoms with E-state index in [2.05, 4.69) is 10.2 Å². The van der Waals surface area contributed by atoms with Crippen molar-refractivity contribution in [2.75, 3.05) is 32.7 Å². The summed E-state index contributed by atoms with van der Waals surface area (Å²) >= 11 is 0. The maximum atomic E-state index is 9.04. The first-order valence-electron chi connectivity index (χ1n) is 3.90. The highest BCUT2D eigenvalue weighted by molar-refractivity contribution is 4.68. The predicted octanol–water partition coefficient (Wildman–Crippen LogP) is -0.728. The highest BCUT2D eigenvalue weighted by atomic mass is 16.3. The number of β-amino-alcohol motifs (C(OH)–C–C–N with tert-alkyl or cyclic N) is 1. The van der Waals surface area contributed by atoms with Crippen LogP contribution in [-0.4, -0.2) is 48.8 Å². The van der Waals surface area contributed by atoms with Gasteiger partial charge in [0.2, 0.25) is 0 Å². The van der Waals surface area contributed by atoms with Crippen molar-refractivity contribution >= 4 is 0 Å². The van der Waals surface area contributed by atoms with E-state index in [0.717, 1.165) is 32.7 Å². The summed E-state index contributed by atoms with van der Waals surface area (Å²) < 4.78 is 0. The lowest BCUT2D eigenvalue weighted by Gasteiger charge is -2.27. The molecule has 1 aliphatic heterocycles. The summed E-state index contributed by atoms with van der Waals surface area (Å²) in [6.07, 6.45) is -0.182. The molecule has 0 saturated carbocycles. The Labute approximate surface area is 62.0 Å². The van der Waals surface area contributed by atoms with Crippen molar-refractivity contribution in [3.8, 4) is 0 Å². The average molecular weight is 144 g/mol. The summed E-state index contributed by atoms with van der Waals surface area (Å²) in [5.74, 6) is 0. The molecule has 2 N–H and O–H groups in total. The summed E-state index contributed by atoms with van der Waals surface area (Å²) in [7, 11) is 0. The molecule has 0 unspecified atom stereocenters. The summed E-state index contributed by atoms with van der Waals surface area (Å²) in [6.45, 7) is 6.93. The zero-order chi connectivity index (χ0) is 7.40. The van der Waals surface area contributed by atoms with Crippen LogP contribution in [0.15, 0.2) is 0 Å². The van der Waals surface area contributed by atoms with E-state index in [1.54, 1.807) is 0 Å². The number of nitrogens with one attached hydrogen (secondary N) is 1. The monoisotopic (exact) mass is 144 g/mol. The van der Waals surface area contributed by atoms with E-state index >= 15 is 0 Å². The lowest BCUT2D eigenvalue weighted by Crippen LogP contribution is -2.45. The van der Waals surface area contributed by atoms with Gasteiger partial charge in [-0.05, 0) is 6.92 Å². The molecule has 0 radical (unpaired) electrons. The van der Waals surface area contributed by atoms with Crippen molar-refractivity contribution in [1.82, 2.24) is 10.2 Å². The molecule has 1 aliphatic rings. The second-order valence-electron chi connectivity index (χ2n) is 2.90. The molecule has 1 atom stereocenters. The standard InChI is InChI=1S/C7H16N2O/c1-7(10)6-9-4-2-8-3-5-9/h7-8,10H,2-6H2,1H3/t7-/m1/s1. The molecule has 0 spiro atoms. The third-order valence-electron chi connectivity index (χ3n) is 1.73. The second-order valence-corrected chi connectivity index (χ2v) is 2.90. The molecule has 3 nitrogen and oxygen atoms in total. The van der Waals surface area contributed by atoms with Gasteiger partial charge in [-0.1, -0.05) is 0 Å². The maximum Gasteiger partial charge on any atom is 0.0639 e. The van der Waals surface area contributed by atoms with Crippen molar-refractivity contribution in [2.24, 2.45) is 0 Å². The van der Waals surface area contributed by atoms with E-state index in [4.69, 9.17) is 5.11 Å². The number of piperazine rings is 1. The van der Waals surface area contributed by atoms with Gasteiger partial charge < -0.3 is 10.4 Å². The summed E-state index contributed by atoms with van der Waals surface area (Å²) in [6, 6.07) is 0. The van der Waals surface area contributed by atoms with Crippen LogP contribution >= 0.6 is 0 Å². The largest absolute Gasteiger partial charge is 0.392 e. The molecule has 1 heterocycles. The Morgan fingerprint density at radius 3 is 2.60 bits per heavy atom. The van der Waals surface area contributed by atoms with Crippen LogP contribution in [-0.2, 0) is 0 Å². The zero-order valence-electron chi connectivity index (χ0n) is 6.51. The average Bonchev–Trinajstić information content (AvgIpc) is 1.88. The van der Waals surface area contributed by atoms with E-state index < -0.39 is 0 Å². The van der Waals surface area contributed by atoms with E-state index in [1.165, 1.54) is 0 Å². The Morgan fingerprint density at radius 1 is 1.50 bits per heavy atom. The van der Waals surface area contributed by atoms with Crippen LogP contribution in [0.5, 0.6) is 0 Å². The summed E-state index contributed by atoms with van der Waals surface area (Å²) in [5, 5.41) is 12.3. The number of aliphatic hydroxyl groups excluding tert-OH is 1. The molecule has 3 heteroatoms. The molecule has 1 fully saturated rings. The van der Waals surface area contributed by atoms with Crippen LogP contribution < -0.4 is 5.32 Å². The highest BCUT2D eigenvalue weighted by Crippen LogP contribution is 1.93. The molecule has 0 amide bonds. The van der Waals surface area contributed by atoms with Crippen molar-refractivity contribution in [1.29, 1.82) is 0 Å². The van der Waals surface area contributed by atoms with Gasteiger partial charge in [0.1, 0.15) is 0 Å². The van der Waals surface area contributed by atoms with Gasteiger partial charge in [0.05, 0.1) is 6.10 Å². The topological polar surface area (TPSA) is 35.5 Å². The molecule has 0 aromatic carbocycles. The molecule has 60 valence electrons. The van der Waals surface area contributed by atoms with E-state index in [9.17, 15) is 0 Å². The predicted molar refractivity (Wildman–Crippen MR) is 41.0 cm³/mol. The van der Waals surface area contributed by atoms with Crippen molar-refractivity contribution in [3.63, 3.8) is 0 Å². The quantitative estimate of drug-likeness (QED) is 0.536. The first-order chi connectivity index (χ1) is 4.79. The van der Waals surface area contributed by atoms with Gasteiger partial charge in [-0.15, -0.1) is 0 Å². The van der Waals surface area contributed by atoms with Crippen LogP contribution in [0, 0.1) is 0 Å². The van der Waals surface area contributed by atoms with Gasteiger partial charge >= 0.3 is 0 Å². The number of rotatable bonds is 2. The SMILES string of the molecule is C[C@@H](O)CN1CCNCC1. The summed E-state index contributed by atoms with van der Waals surface area (Å²) in [5.41, 5.74) is 0. The number of aliphatic hydroxyl groups is 1. The Bertz CT molecular complexity index is 89.6. The highest BCUT2D eigenvalue weighted by Gasteiger charge is 2.10. The van der Waals surface area contributed by atoms with Crippen molar-refractivity contribution in [3.05, 3.63) is 0 Å². The first-order valence-corrected chi connectivity index (χ1v) is 3.90. The minimum Gasteiger partial charge on any atom is -0.392 e. The molecule has 0 aromatic heterocycles. The van der Waals surface area contributed by atoms with Gasteiger partial charge in [-0.25, -0.2) is 0 Å². The zero-order valence-corrected chi connectivity index (χ0v) is 6.51. The van der Waals surface area contributed by atoms with Crippen LogP contribution in [0.4, 0.5) is 0 Å². The molecular formula is C7H16N2O. The van der Waals surface area contributed by atoms with Crippen LogP contribution in [0.2, 0.25) is 0 Å². The van der Waals surface area contributed by atoms with Crippen molar-refractivity contribution in [2.45, 2.75) is 13.0 Å². The molecule has 10 heavy (non-hydrogen) atoms. The third kappa shape index (κ3) is 2.64. The van der Waals surface area contributed by atoms with E-state index in [0.29, 0.717) is 0 Å². The number of nitrogens with zero attached hydrogens (tertiary/aromatic N) is 1. The number of hydrogen-bond donors (Lipinski definition) is 2. The fourth-order valence-corrected chi connectivity index (χ4v) is 1.27. The van der Waals surface area contributed by atoms with Gasteiger partial charge in [0.15, 0.2) is 0 Å². The Balaban J connectivity index is 2.13. The minimum absolute atomic E-state index is 0.182. The van der Waals surface area contributed by atoms with Gasteiger partial charge in [0.25, 0.3) is 0 Å².